The highest BCUT2D eigenvalue weighted by molar-refractivity contribution is 7.02. The highest BCUT2D eigenvalue weighted by Crippen LogP contribution is 2.51. The molecule has 0 N–H and O–H groups in total. The molecule has 96 valence electrons. The van der Waals surface area contributed by atoms with Crippen LogP contribution < -0.4 is 0 Å². The highest BCUT2D eigenvalue weighted by atomic mass is 28.3. The normalized spacial score (nSPS) is 28.1. The van der Waals surface area contributed by atoms with Crippen LogP contribution in [0.4, 0.5) is 0 Å². The average molecular weight is 273 g/mol. The van der Waals surface area contributed by atoms with E-state index in [-0.39, 0.29) is 0 Å². The summed E-state index contributed by atoms with van der Waals surface area (Å²) in [6.07, 6.45) is 7.64. The fourth-order valence-corrected chi connectivity index (χ4v) is 14.3. The summed E-state index contributed by atoms with van der Waals surface area (Å²) in [5.41, 5.74) is 3.20. The number of allylic oxidation sites excluding steroid dienone is 8. The molecule has 0 aromatic carbocycles. The Morgan fingerprint density at radius 2 is 1.11 bits per heavy atom. The predicted octanol–water partition coefficient (Wildman–Crippen LogP) is 4.87. The van der Waals surface area contributed by atoms with Crippen molar-refractivity contribution in [2.24, 2.45) is 0 Å². The van der Waals surface area contributed by atoms with Gasteiger partial charge in [0.2, 0.25) is 0 Å². The molecule has 0 aromatic rings. The molecule has 0 bridgehead atoms. The van der Waals surface area contributed by atoms with Crippen LogP contribution in [0.2, 0.25) is 26.2 Å². The van der Waals surface area contributed by atoms with Gasteiger partial charge in [0.05, 0.1) is 0 Å². The van der Waals surface area contributed by atoms with Gasteiger partial charge in [-0.3, -0.25) is 0 Å². The largest absolute Gasteiger partial charge is 0.111 e. The van der Waals surface area contributed by atoms with Gasteiger partial charge in [-0.1, -0.05) is 70.3 Å². The van der Waals surface area contributed by atoms with Gasteiger partial charge in [0.25, 0.3) is 0 Å². The Labute approximate surface area is 113 Å². The summed E-state index contributed by atoms with van der Waals surface area (Å²) in [7, 11) is -2.71. The van der Waals surface area contributed by atoms with Gasteiger partial charge in [0.1, 0.15) is 16.1 Å². The van der Waals surface area contributed by atoms with Crippen molar-refractivity contribution >= 4 is 16.1 Å². The van der Waals surface area contributed by atoms with Gasteiger partial charge in [0.15, 0.2) is 0 Å². The Bertz CT molecular complexity index is 518. The third-order valence-electron chi connectivity index (χ3n) is 5.20. The second-order valence-electron chi connectivity index (χ2n) is 7.37. The van der Waals surface area contributed by atoms with Gasteiger partial charge in [-0.25, -0.2) is 0 Å². The minimum absolute atomic E-state index is 1.28. The minimum Gasteiger partial charge on any atom is -0.0727 e. The molecule has 0 saturated carbocycles. The molecule has 3 rings (SSSR count). The molecular weight excluding hydrogens is 248 g/mol. The van der Waals surface area contributed by atoms with Crippen LogP contribution in [0.3, 0.4) is 0 Å². The van der Waals surface area contributed by atoms with E-state index in [2.05, 4.69) is 52.2 Å². The van der Waals surface area contributed by atoms with E-state index in [1.54, 1.807) is 21.5 Å². The predicted molar refractivity (Wildman–Crippen MR) is 85.8 cm³/mol. The van der Waals surface area contributed by atoms with Crippen LogP contribution in [0, 0.1) is 0 Å². The second kappa shape index (κ2) is 3.48. The number of rotatable bonds is 0. The Kier molecular flexibility index (Phi) is 2.41. The fraction of sp³-hybridized carbons (Fsp3) is 0.500. The first kappa shape index (κ1) is 12.4. The highest BCUT2D eigenvalue weighted by Gasteiger charge is 2.48. The lowest BCUT2D eigenvalue weighted by molar-refractivity contribution is 1.17. The molecule has 3 aliphatic rings. The van der Waals surface area contributed by atoms with Crippen molar-refractivity contribution in [3.8, 4) is 0 Å². The Morgan fingerprint density at radius 3 is 1.50 bits per heavy atom. The standard InChI is InChI=1S/C16H24Si2/c1-11-7-13-14(8-11)18(5,6)16-10-12(2)9-15(16)17(13,3)4/h7,9H,8,10H2,1-6H3. The van der Waals surface area contributed by atoms with Crippen LogP contribution >= 0.6 is 0 Å². The van der Waals surface area contributed by atoms with Crippen LogP contribution in [0.15, 0.2) is 44.1 Å². The minimum atomic E-state index is -1.38. The van der Waals surface area contributed by atoms with Crippen LogP contribution in [0.25, 0.3) is 0 Å². The molecular formula is C16H24Si2. The number of hydrogen-bond donors (Lipinski definition) is 0. The SMILES string of the molecule is CC1=CC2=C(C1)[Si](C)(C)C1=C(C=C(C)C1)[Si]2(C)C. The summed E-state index contributed by atoms with van der Waals surface area (Å²) < 4.78 is 0. The fourth-order valence-electron chi connectivity index (χ4n) is 4.08. The average Bonchev–Trinajstić information content (AvgIpc) is 2.81. The monoisotopic (exact) mass is 272 g/mol. The third kappa shape index (κ3) is 1.42. The van der Waals surface area contributed by atoms with E-state index < -0.39 is 16.1 Å². The van der Waals surface area contributed by atoms with Gasteiger partial charge in [-0.15, -0.1) is 0 Å². The van der Waals surface area contributed by atoms with Crippen LogP contribution in [-0.4, -0.2) is 16.1 Å². The molecule has 2 heteroatoms. The molecule has 0 nitrogen and oxygen atoms in total. The van der Waals surface area contributed by atoms with Gasteiger partial charge in [0, 0.05) is 0 Å². The molecule has 1 heterocycles. The molecule has 0 spiro atoms. The zero-order valence-electron chi connectivity index (χ0n) is 12.6. The second-order valence-corrected chi connectivity index (χ2v) is 16.2. The molecule has 18 heavy (non-hydrogen) atoms. The maximum atomic E-state index is 2.58. The molecule has 0 radical (unpaired) electrons. The third-order valence-corrected chi connectivity index (χ3v) is 13.2. The van der Waals surface area contributed by atoms with Crippen molar-refractivity contribution in [3.63, 3.8) is 0 Å². The molecule has 0 amide bonds. The van der Waals surface area contributed by atoms with Crippen molar-refractivity contribution in [1.82, 2.24) is 0 Å². The van der Waals surface area contributed by atoms with Crippen LogP contribution in [0.1, 0.15) is 26.7 Å². The molecule has 1 aliphatic heterocycles. The van der Waals surface area contributed by atoms with Crippen molar-refractivity contribution in [1.29, 1.82) is 0 Å². The van der Waals surface area contributed by atoms with Crippen molar-refractivity contribution in [2.45, 2.75) is 52.9 Å². The molecule has 0 fully saturated rings. The Balaban J connectivity index is 2.22. The smallest absolute Gasteiger partial charge is 0.0727 e. The summed E-state index contributed by atoms with van der Waals surface area (Å²) in [5, 5.41) is 7.33. The zero-order chi connectivity index (χ0) is 13.3. The lowest BCUT2D eigenvalue weighted by Gasteiger charge is -2.40. The summed E-state index contributed by atoms with van der Waals surface area (Å²) in [4.78, 5) is 0. The van der Waals surface area contributed by atoms with E-state index in [4.69, 9.17) is 0 Å². The maximum absolute atomic E-state index is 2.58. The first-order chi connectivity index (χ1) is 8.24. The molecule has 0 atom stereocenters. The van der Waals surface area contributed by atoms with E-state index in [1.807, 2.05) is 10.4 Å². The van der Waals surface area contributed by atoms with Crippen molar-refractivity contribution < 1.29 is 0 Å². The lowest BCUT2D eigenvalue weighted by atomic mass is 10.3. The maximum Gasteiger partial charge on any atom is 0.111 e. The van der Waals surface area contributed by atoms with Gasteiger partial charge < -0.3 is 0 Å². The van der Waals surface area contributed by atoms with Crippen molar-refractivity contribution in [3.05, 3.63) is 44.1 Å². The summed E-state index contributed by atoms with van der Waals surface area (Å²) >= 11 is 0. The van der Waals surface area contributed by atoms with E-state index in [0.29, 0.717) is 0 Å². The van der Waals surface area contributed by atoms with E-state index in [9.17, 15) is 0 Å². The topological polar surface area (TPSA) is 0 Å². The summed E-state index contributed by atoms with van der Waals surface area (Å²) in [5.74, 6) is 0. The first-order valence-corrected chi connectivity index (χ1v) is 13.1. The van der Waals surface area contributed by atoms with Gasteiger partial charge in [-0.2, -0.15) is 0 Å². The quantitative estimate of drug-likeness (QED) is 0.552. The molecule has 2 aliphatic carbocycles. The molecule has 0 unspecified atom stereocenters. The van der Waals surface area contributed by atoms with Gasteiger partial charge in [-0.05, 0) is 26.7 Å². The van der Waals surface area contributed by atoms with Crippen molar-refractivity contribution in [2.75, 3.05) is 0 Å². The van der Waals surface area contributed by atoms with Crippen LogP contribution in [0.5, 0.6) is 0 Å². The van der Waals surface area contributed by atoms with E-state index in [1.165, 1.54) is 12.8 Å². The molecule has 0 saturated heterocycles. The Hall–Kier alpha value is -0.606. The first-order valence-electron chi connectivity index (χ1n) is 7.07. The van der Waals surface area contributed by atoms with E-state index in [0.717, 1.165) is 0 Å². The summed E-state index contributed by atoms with van der Waals surface area (Å²) in [6.45, 7) is 14.9. The Morgan fingerprint density at radius 1 is 0.722 bits per heavy atom. The number of hydrogen-bond acceptors (Lipinski definition) is 0. The van der Waals surface area contributed by atoms with Crippen LogP contribution in [-0.2, 0) is 0 Å². The summed E-state index contributed by atoms with van der Waals surface area (Å²) in [6, 6.07) is 0. The van der Waals surface area contributed by atoms with Gasteiger partial charge >= 0.3 is 0 Å². The lowest BCUT2D eigenvalue weighted by Crippen LogP contribution is -2.45. The zero-order valence-corrected chi connectivity index (χ0v) is 14.6. The molecule has 0 aromatic heterocycles. The van der Waals surface area contributed by atoms with E-state index >= 15 is 0 Å².